The number of carbonyl (C=O) groups excluding carboxylic acids is 1. The van der Waals surface area contributed by atoms with Crippen molar-refractivity contribution in [1.29, 1.82) is 0 Å². The van der Waals surface area contributed by atoms with Crippen molar-refractivity contribution < 1.29 is 31.0 Å². The van der Waals surface area contributed by atoms with Crippen molar-refractivity contribution in [3.63, 3.8) is 0 Å². The molecule has 0 unspecified atom stereocenters. The maximum absolute atomic E-state index is 12.9. The van der Waals surface area contributed by atoms with Gasteiger partial charge in [0.1, 0.15) is 13.2 Å². The number of quaternary nitrogens is 1. The fourth-order valence-electron chi connectivity index (χ4n) is 3.95. The number of ether oxygens (including phenoxy) is 1. The Hall–Kier alpha value is -1.65. The average Bonchev–Trinajstić information content (AvgIpc) is 2.78. The average molecular weight is 476 g/mol. The Morgan fingerprint density at radius 1 is 0.800 bits per heavy atom. The number of nitrogens with zero attached hydrogens (tertiary/aromatic N) is 1. The molecule has 4 heteroatoms. The first-order valence-electron chi connectivity index (χ1n) is 11.2. The first-order valence-corrected chi connectivity index (χ1v) is 11.2. The molecule has 0 amide bonds. The van der Waals surface area contributed by atoms with Gasteiger partial charge in [0, 0.05) is 0 Å². The predicted molar refractivity (Wildman–Crippen MR) is 121 cm³/mol. The highest BCUT2D eigenvalue weighted by Gasteiger charge is 2.24. The monoisotopic (exact) mass is 475 g/mol. The maximum Gasteiger partial charge on any atom is 0.309 e. The fourth-order valence-corrected chi connectivity index (χ4v) is 3.95. The molecule has 2 aromatic rings. The largest absolute Gasteiger partial charge is 1.00 e. The van der Waals surface area contributed by atoms with E-state index in [1.54, 1.807) is 0 Å². The zero-order valence-corrected chi connectivity index (χ0v) is 20.4. The molecule has 0 saturated heterocycles. The number of rotatable bonds is 13. The van der Waals surface area contributed by atoms with Gasteiger partial charge in [-0.1, -0.05) is 60.7 Å². The molecule has 0 bridgehead atoms. The Labute approximate surface area is 193 Å². The van der Waals surface area contributed by atoms with Crippen LogP contribution in [0.4, 0.5) is 0 Å². The molecule has 0 fully saturated rings. The number of likely N-dealkylation sites (N-methyl/N-ethyl adjacent to an activating group) is 1. The number of esters is 1. The summed E-state index contributed by atoms with van der Waals surface area (Å²) in [6, 6.07) is 20.8. The van der Waals surface area contributed by atoms with E-state index in [9.17, 15) is 4.79 Å². The fraction of sp³-hybridized carbons (Fsp3) is 0.500. The van der Waals surface area contributed by atoms with E-state index in [0.717, 1.165) is 56.3 Å². The predicted octanol–water partition coefficient (Wildman–Crippen LogP) is 2.29. The highest BCUT2D eigenvalue weighted by Crippen LogP contribution is 2.19. The number of aryl methyl sites for hydroxylation is 2. The normalized spacial score (nSPS) is 11.2. The molecule has 2 aromatic carbocycles. The van der Waals surface area contributed by atoms with Crippen LogP contribution >= 0.6 is 0 Å². The summed E-state index contributed by atoms with van der Waals surface area (Å²) >= 11 is 0. The van der Waals surface area contributed by atoms with Gasteiger partial charge in [-0.2, -0.15) is 0 Å². The Kier molecular flexibility index (Phi) is 12.6. The molecule has 0 atom stereocenters. The number of halogens is 1. The Morgan fingerprint density at radius 2 is 1.23 bits per heavy atom. The van der Waals surface area contributed by atoms with Crippen LogP contribution < -0.4 is 17.0 Å². The molecule has 0 aromatic heterocycles. The van der Waals surface area contributed by atoms with Gasteiger partial charge in [-0.3, -0.25) is 4.79 Å². The molecular weight excluding hydrogens is 438 g/mol. The van der Waals surface area contributed by atoms with Gasteiger partial charge in [0.15, 0.2) is 0 Å². The summed E-state index contributed by atoms with van der Waals surface area (Å²) in [7, 11) is 0. The van der Waals surface area contributed by atoms with Crippen molar-refractivity contribution in [2.45, 2.75) is 46.5 Å². The summed E-state index contributed by atoms with van der Waals surface area (Å²) in [4.78, 5) is 12.9. The van der Waals surface area contributed by atoms with E-state index >= 15 is 0 Å². The second-order valence-corrected chi connectivity index (χ2v) is 7.93. The minimum Gasteiger partial charge on any atom is -1.00 e. The van der Waals surface area contributed by atoms with E-state index in [0.29, 0.717) is 6.61 Å². The van der Waals surface area contributed by atoms with E-state index in [4.69, 9.17) is 4.74 Å². The summed E-state index contributed by atoms with van der Waals surface area (Å²) in [6.45, 7) is 11.3. The number of hydrogen-bond acceptors (Lipinski definition) is 2. The molecular formula is C26H38BrNO2. The lowest BCUT2D eigenvalue weighted by atomic mass is 9.93. The van der Waals surface area contributed by atoms with Gasteiger partial charge >= 0.3 is 5.97 Å². The van der Waals surface area contributed by atoms with Crippen molar-refractivity contribution in [1.82, 2.24) is 0 Å². The molecule has 0 aliphatic rings. The van der Waals surface area contributed by atoms with Crippen molar-refractivity contribution in [2.24, 2.45) is 5.92 Å². The quantitative estimate of drug-likeness (QED) is 0.328. The van der Waals surface area contributed by atoms with Gasteiger partial charge in [0.25, 0.3) is 0 Å². The SMILES string of the molecule is CC[N+](CC)(CC)CCOC(=O)C(CCc1ccccc1)CCc1ccccc1.[Br-]. The van der Waals surface area contributed by atoms with Gasteiger partial charge in [0.2, 0.25) is 0 Å². The summed E-state index contributed by atoms with van der Waals surface area (Å²) < 4.78 is 6.79. The van der Waals surface area contributed by atoms with Crippen LogP contribution in [-0.4, -0.2) is 43.2 Å². The van der Waals surface area contributed by atoms with Crippen molar-refractivity contribution in [3.8, 4) is 0 Å². The molecule has 2 rings (SSSR count). The van der Waals surface area contributed by atoms with Crippen LogP contribution in [-0.2, 0) is 22.4 Å². The first-order chi connectivity index (χ1) is 14.1. The van der Waals surface area contributed by atoms with Crippen molar-refractivity contribution >= 4 is 5.97 Å². The van der Waals surface area contributed by atoms with Gasteiger partial charge < -0.3 is 26.2 Å². The second kappa shape index (κ2) is 14.4. The lowest BCUT2D eigenvalue weighted by Gasteiger charge is -2.35. The van der Waals surface area contributed by atoms with Crippen LogP contribution in [0.2, 0.25) is 0 Å². The van der Waals surface area contributed by atoms with Crippen LogP contribution in [0.1, 0.15) is 44.7 Å². The van der Waals surface area contributed by atoms with Gasteiger partial charge in [-0.05, 0) is 57.6 Å². The molecule has 0 aliphatic heterocycles. The van der Waals surface area contributed by atoms with Gasteiger partial charge in [0.05, 0.1) is 25.6 Å². The molecule has 0 radical (unpaired) electrons. The number of carbonyl (C=O) groups is 1. The topological polar surface area (TPSA) is 26.3 Å². The lowest BCUT2D eigenvalue weighted by Crippen LogP contribution is -3.00. The standard InChI is InChI=1S/C26H38NO2.BrH/c1-4-27(5-2,6-3)21-22-29-26(28)25(19-17-23-13-9-7-10-14-23)20-18-24-15-11-8-12-16-24;/h7-16,25H,4-6,17-22H2,1-3H3;1H/q+1;/p-1. The molecule has 0 spiro atoms. The number of hydrogen-bond donors (Lipinski definition) is 0. The molecule has 0 N–H and O–H groups in total. The second-order valence-electron chi connectivity index (χ2n) is 7.93. The van der Waals surface area contributed by atoms with E-state index in [2.05, 4.69) is 69.3 Å². The van der Waals surface area contributed by atoms with E-state index in [-0.39, 0.29) is 28.9 Å². The van der Waals surface area contributed by atoms with E-state index < -0.39 is 0 Å². The van der Waals surface area contributed by atoms with Crippen LogP contribution in [0.5, 0.6) is 0 Å². The third-order valence-corrected chi connectivity index (χ3v) is 6.40. The molecule has 166 valence electrons. The maximum atomic E-state index is 12.9. The van der Waals surface area contributed by atoms with E-state index in [1.165, 1.54) is 11.1 Å². The summed E-state index contributed by atoms with van der Waals surface area (Å²) in [5, 5.41) is 0. The van der Waals surface area contributed by atoms with Gasteiger partial charge in [-0.15, -0.1) is 0 Å². The first kappa shape index (κ1) is 26.4. The minimum atomic E-state index is -0.0535. The van der Waals surface area contributed by atoms with Crippen LogP contribution in [0.3, 0.4) is 0 Å². The molecule has 0 aliphatic carbocycles. The Bertz CT molecular complexity index is 650. The van der Waals surface area contributed by atoms with Crippen LogP contribution in [0.15, 0.2) is 60.7 Å². The Balaban J connectivity index is 0.00000450. The zero-order valence-electron chi connectivity index (χ0n) is 18.9. The summed E-state index contributed by atoms with van der Waals surface area (Å²) in [5.41, 5.74) is 2.56. The molecule has 0 saturated carbocycles. The lowest BCUT2D eigenvalue weighted by molar-refractivity contribution is -0.923. The molecule has 3 nitrogen and oxygen atoms in total. The smallest absolute Gasteiger partial charge is 0.309 e. The van der Waals surface area contributed by atoms with Crippen LogP contribution in [0, 0.1) is 5.92 Å². The summed E-state index contributed by atoms with van der Waals surface area (Å²) in [5.74, 6) is -0.0829. The van der Waals surface area contributed by atoms with Crippen molar-refractivity contribution in [3.05, 3.63) is 71.8 Å². The zero-order chi connectivity index (χ0) is 21.0. The summed E-state index contributed by atoms with van der Waals surface area (Å²) in [6.07, 6.45) is 3.50. The third kappa shape index (κ3) is 8.61. The third-order valence-electron chi connectivity index (χ3n) is 6.40. The van der Waals surface area contributed by atoms with E-state index in [1.807, 2.05) is 12.1 Å². The molecule has 30 heavy (non-hydrogen) atoms. The number of benzene rings is 2. The highest BCUT2D eigenvalue weighted by atomic mass is 79.9. The van der Waals surface area contributed by atoms with Crippen molar-refractivity contribution in [2.75, 3.05) is 32.8 Å². The van der Waals surface area contributed by atoms with Gasteiger partial charge in [-0.25, -0.2) is 0 Å². The van der Waals surface area contributed by atoms with Crippen LogP contribution in [0.25, 0.3) is 0 Å². The molecule has 0 heterocycles. The minimum absolute atomic E-state index is 0. The highest BCUT2D eigenvalue weighted by molar-refractivity contribution is 5.72. The Morgan fingerprint density at radius 3 is 1.63 bits per heavy atom.